The third kappa shape index (κ3) is 4.04. The summed E-state index contributed by atoms with van der Waals surface area (Å²) in [6.45, 7) is 4.83. The first-order valence-corrected chi connectivity index (χ1v) is 6.19. The Kier molecular flexibility index (Phi) is 5.65. The van der Waals surface area contributed by atoms with Crippen LogP contribution in [0, 0.1) is 12.8 Å². The number of aryl methyl sites for hydroxylation is 1. The number of carbonyl (C=O) groups is 1. The van der Waals surface area contributed by atoms with E-state index < -0.39 is 0 Å². The molecular formula is C14H22N2O2. The zero-order valence-corrected chi connectivity index (χ0v) is 11.3. The molecule has 0 saturated heterocycles. The molecule has 0 spiro atoms. The molecule has 0 aliphatic heterocycles. The van der Waals surface area contributed by atoms with Gasteiger partial charge in [0.2, 0.25) is 5.91 Å². The first-order valence-electron chi connectivity index (χ1n) is 6.19. The summed E-state index contributed by atoms with van der Waals surface area (Å²) in [5.74, 6) is 0.767. The smallest absolute Gasteiger partial charge is 0.224 e. The third-order valence-corrected chi connectivity index (χ3v) is 2.99. The number of methoxy groups -OCH3 is 1. The summed E-state index contributed by atoms with van der Waals surface area (Å²) >= 11 is 0. The van der Waals surface area contributed by atoms with Gasteiger partial charge in [0.15, 0.2) is 0 Å². The number of hydrogen-bond acceptors (Lipinski definition) is 3. The topological polar surface area (TPSA) is 64.3 Å². The van der Waals surface area contributed by atoms with Gasteiger partial charge in [0, 0.05) is 19.0 Å². The van der Waals surface area contributed by atoms with Gasteiger partial charge in [-0.15, -0.1) is 0 Å². The van der Waals surface area contributed by atoms with Crippen molar-refractivity contribution in [2.75, 3.05) is 20.2 Å². The Morgan fingerprint density at radius 1 is 1.50 bits per heavy atom. The van der Waals surface area contributed by atoms with E-state index in [4.69, 9.17) is 10.5 Å². The van der Waals surface area contributed by atoms with Crippen molar-refractivity contribution < 1.29 is 9.53 Å². The summed E-state index contributed by atoms with van der Waals surface area (Å²) in [4.78, 5) is 11.5. The number of amides is 1. The Labute approximate surface area is 109 Å². The first kappa shape index (κ1) is 14.5. The normalized spacial score (nSPS) is 12.0. The lowest BCUT2D eigenvalue weighted by molar-refractivity contribution is -0.124. The molecule has 0 radical (unpaired) electrons. The second-order valence-corrected chi connectivity index (χ2v) is 4.48. The fraction of sp³-hybridized carbons (Fsp3) is 0.500. The van der Waals surface area contributed by atoms with E-state index in [9.17, 15) is 4.79 Å². The van der Waals surface area contributed by atoms with Crippen molar-refractivity contribution in [1.82, 2.24) is 5.32 Å². The quantitative estimate of drug-likeness (QED) is 0.799. The number of hydrogen-bond donors (Lipinski definition) is 2. The van der Waals surface area contributed by atoms with Gasteiger partial charge in [-0.2, -0.15) is 0 Å². The molecule has 0 fully saturated rings. The highest BCUT2D eigenvalue weighted by atomic mass is 16.5. The van der Waals surface area contributed by atoms with Crippen LogP contribution in [0.15, 0.2) is 18.2 Å². The number of nitrogens with two attached hydrogens (primary N) is 1. The van der Waals surface area contributed by atoms with Gasteiger partial charge < -0.3 is 15.8 Å². The number of nitrogens with one attached hydrogen (secondary N) is 1. The number of ether oxygens (including phenoxy) is 1. The third-order valence-electron chi connectivity index (χ3n) is 2.99. The second kappa shape index (κ2) is 7.01. The van der Waals surface area contributed by atoms with Crippen molar-refractivity contribution in [2.45, 2.75) is 20.3 Å². The summed E-state index contributed by atoms with van der Waals surface area (Å²) in [6.07, 6.45) is 0.791. The highest BCUT2D eigenvalue weighted by Crippen LogP contribution is 2.18. The molecule has 0 aliphatic rings. The fourth-order valence-corrected chi connectivity index (χ4v) is 1.63. The number of rotatable bonds is 6. The van der Waals surface area contributed by atoms with Crippen LogP contribution >= 0.6 is 0 Å². The molecule has 1 amide bonds. The predicted molar refractivity (Wildman–Crippen MR) is 72.7 cm³/mol. The number of carbonyl (C=O) groups excluding carboxylic acids is 1. The average molecular weight is 250 g/mol. The predicted octanol–water partition coefficient (Wildman–Crippen LogP) is 1.26. The minimum absolute atomic E-state index is 0.0107. The maximum Gasteiger partial charge on any atom is 0.224 e. The lowest BCUT2D eigenvalue weighted by atomic mass is 10.1. The lowest BCUT2D eigenvalue weighted by Crippen LogP contribution is -2.34. The largest absolute Gasteiger partial charge is 0.496 e. The monoisotopic (exact) mass is 250 g/mol. The van der Waals surface area contributed by atoms with E-state index in [-0.39, 0.29) is 11.8 Å². The molecule has 4 heteroatoms. The van der Waals surface area contributed by atoms with Gasteiger partial charge in [0.25, 0.3) is 0 Å². The van der Waals surface area contributed by atoms with E-state index in [0.29, 0.717) is 13.1 Å². The van der Waals surface area contributed by atoms with Gasteiger partial charge >= 0.3 is 0 Å². The van der Waals surface area contributed by atoms with Crippen molar-refractivity contribution in [3.8, 4) is 5.75 Å². The van der Waals surface area contributed by atoms with Gasteiger partial charge in [-0.3, -0.25) is 4.79 Å². The Balaban J connectivity index is 2.47. The van der Waals surface area contributed by atoms with Crippen LogP contribution in [0.2, 0.25) is 0 Å². The van der Waals surface area contributed by atoms with Crippen LogP contribution < -0.4 is 15.8 Å². The molecule has 4 nitrogen and oxygen atoms in total. The van der Waals surface area contributed by atoms with Crippen LogP contribution in [0.3, 0.4) is 0 Å². The molecule has 0 aromatic heterocycles. The molecular weight excluding hydrogens is 228 g/mol. The Morgan fingerprint density at radius 2 is 2.22 bits per heavy atom. The van der Waals surface area contributed by atoms with Crippen molar-refractivity contribution in [2.24, 2.45) is 11.7 Å². The van der Waals surface area contributed by atoms with Gasteiger partial charge in [-0.1, -0.05) is 19.1 Å². The van der Waals surface area contributed by atoms with Crippen molar-refractivity contribution >= 4 is 5.91 Å². The van der Waals surface area contributed by atoms with Crippen LogP contribution in [0.25, 0.3) is 0 Å². The van der Waals surface area contributed by atoms with Gasteiger partial charge in [0.1, 0.15) is 5.75 Å². The zero-order valence-electron chi connectivity index (χ0n) is 11.3. The van der Waals surface area contributed by atoms with E-state index in [1.54, 1.807) is 7.11 Å². The Morgan fingerprint density at radius 3 is 2.83 bits per heavy atom. The maximum atomic E-state index is 11.5. The van der Waals surface area contributed by atoms with Crippen molar-refractivity contribution in [1.29, 1.82) is 0 Å². The number of benzene rings is 1. The van der Waals surface area contributed by atoms with Gasteiger partial charge in [-0.25, -0.2) is 0 Å². The summed E-state index contributed by atoms with van der Waals surface area (Å²) in [5.41, 5.74) is 7.70. The van der Waals surface area contributed by atoms with Crippen LogP contribution in [0.1, 0.15) is 18.1 Å². The molecule has 18 heavy (non-hydrogen) atoms. The Hall–Kier alpha value is -1.55. The average Bonchev–Trinajstić information content (AvgIpc) is 2.39. The molecule has 0 aliphatic carbocycles. The van der Waals surface area contributed by atoms with Crippen LogP contribution in [0.5, 0.6) is 5.75 Å². The lowest BCUT2D eigenvalue weighted by Gasteiger charge is -2.11. The minimum Gasteiger partial charge on any atom is -0.496 e. The van der Waals surface area contributed by atoms with Crippen LogP contribution in [0.4, 0.5) is 0 Å². The molecule has 1 aromatic rings. The molecule has 1 unspecified atom stereocenters. The maximum absolute atomic E-state index is 11.5. The van der Waals surface area contributed by atoms with Crippen molar-refractivity contribution in [3.63, 3.8) is 0 Å². The summed E-state index contributed by atoms with van der Waals surface area (Å²) in [7, 11) is 1.66. The highest BCUT2D eigenvalue weighted by molar-refractivity contribution is 5.78. The SMILES string of the molecule is COc1cc(CCNC(=O)C(C)CN)ccc1C. The molecule has 1 aromatic carbocycles. The van der Waals surface area contributed by atoms with E-state index in [2.05, 4.69) is 11.4 Å². The van der Waals surface area contributed by atoms with Crippen molar-refractivity contribution in [3.05, 3.63) is 29.3 Å². The molecule has 1 atom stereocenters. The van der Waals surface area contributed by atoms with Crippen LogP contribution in [-0.4, -0.2) is 26.1 Å². The minimum atomic E-state index is -0.127. The summed E-state index contributed by atoms with van der Waals surface area (Å²) < 4.78 is 5.26. The summed E-state index contributed by atoms with van der Waals surface area (Å²) in [6, 6.07) is 6.09. The van der Waals surface area contributed by atoms with E-state index in [1.807, 2.05) is 26.0 Å². The van der Waals surface area contributed by atoms with Gasteiger partial charge in [-0.05, 0) is 30.5 Å². The molecule has 3 N–H and O–H groups in total. The summed E-state index contributed by atoms with van der Waals surface area (Å²) in [5, 5.41) is 2.87. The standard InChI is InChI=1S/C14H22N2O2/c1-10-4-5-12(8-13(10)18-3)6-7-16-14(17)11(2)9-15/h4-5,8,11H,6-7,9,15H2,1-3H3,(H,16,17). The molecule has 0 saturated carbocycles. The van der Waals surface area contributed by atoms with Gasteiger partial charge in [0.05, 0.1) is 7.11 Å². The first-order chi connectivity index (χ1) is 8.58. The molecule has 0 heterocycles. The Bertz CT molecular complexity index is 405. The van der Waals surface area contributed by atoms with Crippen LogP contribution in [-0.2, 0) is 11.2 Å². The second-order valence-electron chi connectivity index (χ2n) is 4.48. The highest BCUT2D eigenvalue weighted by Gasteiger charge is 2.09. The molecule has 0 bridgehead atoms. The van der Waals surface area contributed by atoms with E-state index >= 15 is 0 Å². The fourth-order valence-electron chi connectivity index (χ4n) is 1.63. The van der Waals surface area contributed by atoms with E-state index in [1.165, 1.54) is 0 Å². The molecule has 100 valence electrons. The molecule has 1 rings (SSSR count). The zero-order chi connectivity index (χ0) is 13.5. The van der Waals surface area contributed by atoms with E-state index in [0.717, 1.165) is 23.3 Å².